The minimum atomic E-state index is -1.30. The van der Waals surface area contributed by atoms with E-state index in [2.05, 4.69) is 10.6 Å². The fraction of sp³-hybridized carbons (Fsp3) is 0.400. The van der Waals surface area contributed by atoms with Gasteiger partial charge in [-0.3, -0.25) is 9.59 Å². The molecule has 0 radical (unpaired) electrons. The Labute approximate surface area is 136 Å². The van der Waals surface area contributed by atoms with Gasteiger partial charge in [0.05, 0.1) is 5.69 Å². The van der Waals surface area contributed by atoms with Crippen LogP contribution >= 0.6 is 11.8 Å². The Morgan fingerprint density at radius 3 is 2.48 bits per heavy atom. The van der Waals surface area contributed by atoms with E-state index in [1.807, 2.05) is 0 Å². The molecule has 1 fully saturated rings. The van der Waals surface area contributed by atoms with Gasteiger partial charge in [-0.05, 0) is 42.5 Å². The molecule has 0 saturated carbocycles. The van der Waals surface area contributed by atoms with Crippen LogP contribution < -0.4 is 10.6 Å². The molecule has 0 bridgehead atoms. The third-order valence-corrected chi connectivity index (χ3v) is 4.63. The number of hydrogen-bond acceptors (Lipinski definition) is 4. The number of carbonyl (C=O) groups excluding carboxylic acids is 2. The minimum absolute atomic E-state index is 0.0917. The second kappa shape index (κ2) is 6.99. The lowest BCUT2D eigenvalue weighted by atomic mass is 9.92. The van der Waals surface area contributed by atoms with Gasteiger partial charge in [0.1, 0.15) is 11.4 Å². The molecule has 1 aliphatic rings. The van der Waals surface area contributed by atoms with Crippen molar-refractivity contribution in [3.63, 3.8) is 0 Å². The zero-order valence-corrected chi connectivity index (χ0v) is 13.3. The Hall–Kier alpha value is -2.09. The number of thioether (sulfide) groups is 1. The molecule has 0 aliphatic carbocycles. The maximum absolute atomic E-state index is 13.6. The molecule has 0 unspecified atom stereocenters. The van der Waals surface area contributed by atoms with E-state index in [1.165, 1.54) is 19.1 Å². The SMILES string of the molecule is CC(=O)Nc1cc(C(=O)NC2(C(=O)O)CCSCC2)ccc1F. The summed E-state index contributed by atoms with van der Waals surface area (Å²) in [4.78, 5) is 35.0. The molecular weight excluding hydrogens is 323 g/mol. The number of carbonyl (C=O) groups is 3. The number of carboxylic acids is 1. The van der Waals surface area contributed by atoms with Crippen molar-refractivity contribution in [2.24, 2.45) is 0 Å². The van der Waals surface area contributed by atoms with Gasteiger partial charge in [0.2, 0.25) is 5.91 Å². The summed E-state index contributed by atoms with van der Waals surface area (Å²) in [7, 11) is 0. The largest absolute Gasteiger partial charge is 0.480 e. The molecule has 1 aromatic rings. The zero-order chi connectivity index (χ0) is 17.0. The number of hydrogen-bond donors (Lipinski definition) is 3. The van der Waals surface area contributed by atoms with Crippen molar-refractivity contribution < 1.29 is 23.9 Å². The molecule has 2 amide bonds. The molecule has 1 aromatic carbocycles. The molecule has 0 atom stereocenters. The first kappa shape index (κ1) is 17.3. The van der Waals surface area contributed by atoms with E-state index in [0.717, 1.165) is 6.07 Å². The van der Waals surface area contributed by atoms with E-state index in [-0.39, 0.29) is 11.3 Å². The number of nitrogens with one attached hydrogen (secondary N) is 2. The zero-order valence-electron chi connectivity index (χ0n) is 12.5. The maximum atomic E-state index is 13.6. The summed E-state index contributed by atoms with van der Waals surface area (Å²) in [6, 6.07) is 3.51. The number of rotatable bonds is 4. The maximum Gasteiger partial charge on any atom is 0.329 e. The number of aliphatic carboxylic acids is 1. The summed E-state index contributed by atoms with van der Waals surface area (Å²) in [5, 5.41) is 14.3. The molecule has 8 heteroatoms. The lowest BCUT2D eigenvalue weighted by molar-refractivity contribution is -0.144. The highest BCUT2D eigenvalue weighted by molar-refractivity contribution is 7.99. The van der Waals surface area contributed by atoms with Crippen molar-refractivity contribution in [2.45, 2.75) is 25.3 Å². The second-order valence-electron chi connectivity index (χ2n) is 5.33. The van der Waals surface area contributed by atoms with Crippen molar-refractivity contribution in [3.05, 3.63) is 29.6 Å². The van der Waals surface area contributed by atoms with Crippen molar-refractivity contribution in [2.75, 3.05) is 16.8 Å². The van der Waals surface area contributed by atoms with Gasteiger partial charge in [0.25, 0.3) is 5.91 Å². The van der Waals surface area contributed by atoms with Crippen molar-refractivity contribution in [1.29, 1.82) is 0 Å². The van der Waals surface area contributed by atoms with E-state index >= 15 is 0 Å². The van der Waals surface area contributed by atoms with E-state index in [1.54, 1.807) is 11.8 Å². The molecule has 3 N–H and O–H groups in total. The van der Waals surface area contributed by atoms with Gasteiger partial charge < -0.3 is 15.7 Å². The summed E-state index contributed by atoms with van der Waals surface area (Å²) in [6.07, 6.45) is 0.664. The predicted octanol–water partition coefficient (Wildman–Crippen LogP) is 1.86. The molecule has 124 valence electrons. The summed E-state index contributed by atoms with van der Waals surface area (Å²) >= 11 is 1.64. The fourth-order valence-corrected chi connectivity index (χ4v) is 3.54. The average molecular weight is 340 g/mol. The summed E-state index contributed by atoms with van der Waals surface area (Å²) < 4.78 is 13.6. The molecule has 1 saturated heterocycles. The van der Waals surface area contributed by atoms with Gasteiger partial charge in [0.15, 0.2) is 0 Å². The monoisotopic (exact) mass is 340 g/mol. The summed E-state index contributed by atoms with van der Waals surface area (Å²) in [5.41, 5.74) is -1.33. The Morgan fingerprint density at radius 1 is 1.26 bits per heavy atom. The van der Waals surface area contributed by atoms with Gasteiger partial charge in [-0.2, -0.15) is 11.8 Å². The molecule has 1 aliphatic heterocycles. The van der Waals surface area contributed by atoms with Gasteiger partial charge >= 0.3 is 5.97 Å². The van der Waals surface area contributed by atoms with Crippen LogP contribution in [0.3, 0.4) is 0 Å². The Balaban J connectivity index is 2.22. The number of halogens is 1. The second-order valence-corrected chi connectivity index (χ2v) is 6.55. The summed E-state index contributed by atoms with van der Waals surface area (Å²) in [5.74, 6) is -1.52. The Morgan fingerprint density at radius 2 is 1.91 bits per heavy atom. The topological polar surface area (TPSA) is 95.5 Å². The highest BCUT2D eigenvalue weighted by atomic mass is 32.2. The number of carboxylic acid groups (broad SMARTS) is 1. The van der Waals surface area contributed by atoms with Crippen LogP contribution in [0.25, 0.3) is 0 Å². The Kier molecular flexibility index (Phi) is 5.25. The first-order chi connectivity index (χ1) is 10.8. The van der Waals surface area contributed by atoms with Crippen LogP contribution in [0, 0.1) is 5.82 Å². The van der Waals surface area contributed by atoms with Crippen LogP contribution in [0.2, 0.25) is 0 Å². The lowest BCUT2D eigenvalue weighted by Gasteiger charge is -2.33. The van der Waals surface area contributed by atoms with Crippen molar-refractivity contribution in [1.82, 2.24) is 5.32 Å². The number of amides is 2. The minimum Gasteiger partial charge on any atom is -0.480 e. The normalized spacial score (nSPS) is 16.4. The van der Waals surface area contributed by atoms with E-state index < -0.39 is 29.1 Å². The summed E-state index contributed by atoms with van der Waals surface area (Å²) in [6.45, 7) is 1.23. The smallest absolute Gasteiger partial charge is 0.329 e. The molecule has 0 spiro atoms. The van der Waals surface area contributed by atoms with Crippen LogP contribution in [0.15, 0.2) is 18.2 Å². The predicted molar refractivity (Wildman–Crippen MR) is 85.1 cm³/mol. The Bertz CT molecular complexity index is 644. The van der Waals surface area contributed by atoms with Gasteiger partial charge in [-0.25, -0.2) is 9.18 Å². The van der Waals surface area contributed by atoms with Crippen molar-refractivity contribution in [3.8, 4) is 0 Å². The van der Waals surface area contributed by atoms with Gasteiger partial charge in [-0.15, -0.1) is 0 Å². The first-order valence-corrected chi connectivity index (χ1v) is 8.20. The fourth-order valence-electron chi connectivity index (χ4n) is 2.35. The third-order valence-electron chi connectivity index (χ3n) is 3.65. The van der Waals surface area contributed by atoms with Crippen molar-refractivity contribution >= 4 is 35.2 Å². The van der Waals surface area contributed by atoms with Gasteiger partial charge in [0, 0.05) is 12.5 Å². The lowest BCUT2D eigenvalue weighted by Crippen LogP contribution is -2.56. The van der Waals surface area contributed by atoms with Crippen LogP contribution in [-0.4, -0.2) is 39.9 Å². The van der Waals surface area contributed by atoms with E-state index in [4.69, 9.17) is 0 Å². The average Bonchev–Trinajstić information content (AvgIpc) is 2.49. The molecule has 0 aromatic heterocycles. The van der Waals surface area contributed by atoms with Crippen LogP contribution in [0.4, 0.5) is 10.1 Å². The molecule has 1 heterocycles. The third kappa shape index (κ3) is 4.01. The number of benzene rings is 1. The van der Waals surface area contributed by atoms with Crippen LogP contribution in [-0.2, 0) is 9.59 Å². The van der Waals surface area contributed by atoms with Crippen LogP contribution in [0.1, 0.15) is 30.1 Å². The highest BCUT2D eigenvalue weighted by Crippen LogP contribution is 2.28. The molecule has 6 nitrogen and oxygen atoms in total. The number of anilines is 1. The molecule has 23 heavy (non-hydrogen) atoms. The van der Waals surface area contributed by atoms with E-state index in [0.29, 0.717) is 24.3 Å². The van der Waals surface area contributed by atoms with Gasteiger partial charge in [-0.1, -0.05) is 0 Å². The molecule has 2 rings (SSSR count). The van der Waals surface area contributed by atoms with Crippen LogP contribution in [0.5, 0.6) is 0 Å². The highest BCUT2D eigenvalue weighted by Gasteiger charge is 2.41. The first-order valence-electron chi connectivity index (χ1n) is 7.05. The quantitative estimate of drug-likeness (QED) is 0.778. The molecular formula is C15H17FN2O4S. The van der Waals surface area contributed by atoms with E-state index in [9.17, 15) is 23.9 Å². The standard InChI is InChI=1S/C15H17FN2O4S/c1-9(19)17-12-8-10(2-3-11(12)16)13(20)18-15(14(21)22)4-6-23-7-5-15/h2-3,8H,4-7H2,1H3,(H,17,19)(H,18,20)(H,21,22).